The molecule has 0 bridgehead atoms. The predicted octanol–water partition coefficient (Wildman–Crippen LogP) is 0.386. The van der Waals surface area contributed by atoms with Crippen LogP contribution in [-0.4, -0.2) is 25.3 Å². The standard InChI is InChI=1S/C10H14BNO3/c12-7-15-11-9(10(13)14)6-8-4-2-1-3-5-8/h1-5,9,11H,6-7,12H2,(H,13,14)/t9-/m0/s1. The number of benzene rings is 1. The minimum atomic E-state index is -0.854. The summed E-state index contributed by atoms with van der Waals surface area (Å²) in [5, 5.41) is 8.94. The summed E-state index contributed by atoms with van der Waals surface area (Å²) in [6.45, 7) is 0.0541. The average Bonchev–Trinajstić information content (AvgIpc) is 2.25. The molecule has 0 aliphatic rings. The van der Waals surface area contributed by atoms with E-state index in [0.29, 0.717) is 6.42 Å². The predicted molar refractivity (Wildman–Crippen MR) is 58.8 cm³/mol. The summed E-state index contributed by atoms with van der Waals surface area (Å²) in [6.07, 6.45) is 0.468. The van der Waals surface area contributed by atoms with Gasteiger partial charge >= 0.3 is 5.97 Å². The third kappa shape index (κ3) is 4.14. The summed E-state index contributed by atoms with van der Waals surface area (Å²) in [5.41, 5.74) is 6.15. The van der Waals surface area contributed by atoms with E-state index in [-0.39, 0.29) is 14.2 Å². The number of carbonyl (C=O) groups is 1. The Bertz CT molecular complexity index is 305. The molecule has 0 fully saturated rings. The minimum absolute atomic E-state index is 0.0541. The number of aliphatic carboxylic acids is 1. The van der Waals surface area contributed by atoms with Crippen molar-refractivity contribution >= 4 is 13.5 Å². The molecule has 0 heterocycles. The lowest BCUT2D eigenvalue weighted by atomic mass is 9.76. The zero-order chi connectivity index (χ0) is 11.1. The molecule has 0 spiro atoms. The third-order valence-electron chi connectivity index (χ3n) is 2.11. The van der Waals surface area contributed by atoms with Crippen LogP contribution in [0.25, 0.3) is 0 Å². The van der Waals surface area contributed by atoms with Gasteiger partial charge in [-0.1, -0.05) is 30.3 Å². The molecule has 0 amide bonds. The van der Waals surface area contributed by atoms with E-state index in [1.807, 2.05) is 30.3 Å². The molecule has 0 aliphatic carbocycles. The van der Waals surface area contributed by atoms with Crippen molar-refractivity contribution in [3.05, 3.63) is 35.9 Å². The third-order valence-corrected chi connectivity index (χ3v) is 2.11. The lowest BCUT2D eigenvalue weighted by Crippen LogP contribution is -2.21. The number of hydrogen-bond acceptors (Lipinski definition) is 3. The molecule has 1 aromatic rings. The van der Waals surface area contributed by atoms with Crippen LogP contribution < -0.4 is 5.73 Å². The van der Waals surface area contributed by atoms with E-state index in [1.54, 1.807) is 0 Å². The van der Waals surface area contributed by atoms with Gasteiger partial charge in [-0.15, -0.1) is 0 Å². The van der Waals surface area contributed by atoms with Gasteiger partial charge in [-0.25, -0.2) is 0 Å². The fraction of sp³-hybridized carbons (Fsp3) is 0.300. The van der Waals surface area contributed by atoms with E-state index in [9.17, 15) is 4.79 Å². The molecule has 0 aliphatic heterocycles. The SMILES string of the molecule is NCOB[C@@H](Cc1ccccc1)C(=O)O. The highest BCUT2D eigenvalue weighted by atomic mass is 16.4. The Labute approximate surface area is 89.3 Å². The molecule has 0 saturated heterocycles. The molecule has 0 aromatic heterocycles. The van der Waals surface area contributed by atoms with Crippen molar-refractivity contribution in [1.29, 1.82) is 0 Å². The molecule has 15 heavy (non-hydrogen) atoms. The maximum Gasteiger partial charge on any atom is 0.301 e. The van der Waals surface area contributed by atoms with Crippen molar-refractivity contribution in [1.82, 2.24) is 0 Å². The average molecular weight is 207 g/mol. The van der Waals surface area contributed by atoms with Crippen molar-refractivity contribution in [2.45, 2.75) is 12.2 Å². The van der Waals surface area contributed by atoms with Gasteiger partial charge in [0.2, 0.25) is 0 Å². The zero-order valence-corrected chi connectivity index (χ0v) is 8.43. The van der Waals surface area contributed by atoms with Crippen LogP contribution in [0.2, 0.25) is 5.82 Å². The first kappa shape index (κ1) is 11.7. The molecule has 1 aromatic carbocycles. The lowest BCUT2D eigenvalue weighted by Gasteiger charge is -2.10. The van der Waals surface area contributed by atoms with Gasteiger partial charge in [-0.2, -0.15) is 0 Å². The van der Waals surface area contributed by atoms with Crippen molar-refractivity contribution in [2.24, 2.45) is 5.73 Å². The monoisotopic (exact) mass is 207 g/mol. The number of rotatable bonds is 6. The molecule has 3 N–H and O–H groups in total. The van der Waals surface area contributed by atoms with Gasteiger partial charge in [0.1, 0.15) is 0 Å². The van der Waals surface area contributed by atoms with Crippen LogP contribution >= 0.6 is 0 Å². The Morgan fingerprint density at radius 2 is 2.13 bits per heavy atom. The van der Waals surface area contributed by atoms with Gasteiger partial charge < -0.3 is 15.5 Å². The largest absolute Gasteiger partial charge is 0.481 e. The first-order chi connectivity index (χ1) is 7.24. The van der Waals surface area contributed by atoms with Gasteiger partial charge in [0.05, 0.1) is 12.5 Å². The first-order valence-corrected chi connectivity index (χ1v) is 4.78. The fourth-order valence-corrected chi connectivity index (χ4v) is 1.33. The Balaban J connectivity index is 2.55. The molecule has 0 unspecified atom stereocenters. The molecule has 0 saturated carbocycles. The minimum Gasteiger partial charge on any atom is -0.481 e. The summed E-state index contributed by atoms with van der Waals surface area (Å²) in [6, 6.07) is 9.47. The Hall–Kier alpha value is -1.33. The summed E-state index contributed by atoms with van der Waals surface area (Å²) >= 11 is 0. The van der Waals surface area contributed by atoms with Gasteiger partial charge in [-0.05, 0) is 12.0 Å². The summed E-state index contributed by atoms with van der Waals surface area (Å²) in [7, 11) is 0.153. The lowest BCUT2D eigenvalue weighted by molar-refractivity contribution is -0.137. The van der Waals surface area contributed by atoms with Crippen molar-refractivity contribution in [3.8, 4) is 0 Å². The van der Waals surface area contributed by atoms with E-state index >= 15 is 0 Å². The van der Waals surface area contributed by atoms with Crippen LogP contribution in [0.4, 0.5) is 0 Å². The van der Waals surface area contributed by atoms with Gasteiger partial charge in [-0.3, -0.25) is 4.79 Å². The quantitative estimate of drug-likeness (QED) is 0.522. The van der Waals surface area contributed by atoms with Crippen LogP contribution in [0, 0.1) is 0 Å². The Morgan fingerprint density at radius 1 is 1.47 bits per heavy atom. The number of hydrogen-bond donors (Lipinski definition) is 2. The maximum absolute atomic E-state index is 10.9. The number of carboxylic acids is 1. The highest BCUT2D eigenvalue weighted by Gasteiger charge is 2.19. The van der Waals surface area contributed by atoms with Crippen LogP contribution in [0.5, 0.6) is 0 Å². The van der Waals surface area contributed by atoms with Crippen molar-refractivity contribution in [3.63, 3.8) is 0 Å². The van der Waals surface area contributed by atoms with Gasteiger partial charge in [0.15, 0.2) is 0 Å². The second kappa shape index (κ2) is 6.21. The molecule has 1 rings (SSSR count). The molecule has 4 nitrogen and oxygen atoms in total. The second-order valence-electron chi connectivity index (χ2n) is 3.26. The van der Waals surface area contributed by atoms with E-state index in [4.69, 9.17) is 15.5 Å². The molecular formula is C10H14BNO3. The Morgan fingerprint density at radius 3 is 2.67 bits per heavy atom. The van der Waals surface area contributed by atoms with E-state index in [1.165, 1.54) is 0 Å². The van der Waals surface area contributed by atoms with E-state index in [0.717, 1.165) is 5.56 Å². The van der Waals surface area contributed by atoms with Gasteiger partial charge in [0, 0.05) is 0 Å². The smallest absolute Gasteiger partial charge is 0.301 e. The molecular weight excluding hydrogens is 193 g/mol. The van der Waals surface area contributed by atoms with Crippen LogP contribution in [0.1, 0.15) is 5.56 Å². The fourth-order valence-electron chi connectivity index (χ4n) is 1.33. The molecule has 80 valence electrons. The van der Waals surface area contributed by atoms with E-state index < -0.39 is 11.8 Å². The highest BCUT2D eigenvalue weighted by molar-refractivity contribution is 6.36. The molecule has 0 radical (unpaired) electrons. The highest BCUT2D eigenvalue weighted by Crippen LogP contribution is 2.13. The molecule has 1 atom stereocenters. The number of carboxylic acid groups (broad SMARTS) is 1. The summed E-state index contributed by atoms with van der Waals surface area (Å²) in [4.78, 5) is 10.9. The van der Waals surface area contributed by atoms with Crippen LogP contribution in [0.3, 0.4) is 0 Å². The Kier molecular flexibility index (Phi) is 4.87. The summed E-state index contributed by atoms with van der Waals surface area (Å²) in [5.74, 6) is -1.39. The van der Waals surface area contributed by atoms with Crippen LogP contribution in [-0.2, 0) is 15.9 Å². The summed E-state index contributed by atoms with van der Waals surface area (Å²) < 4.78 is 4.93. The van der Waals surface area contributed by atoms with E-state index in [2.05, 4.69) is 0 Å². The topological polar surface area (TPSA) is 72.5 Å². The van der Waals surface area contributed by atoms with Crippen LogP contribution in [0.15, 0.2) is 30.3 Å². The van der Waals surface area contributed by atoms with Gasteiger partial charge in [0.25, 0.3) is 7.48 Å². The number of nitrogens with two attached hydrogens (primary N) is 1. The maximum atomic E-state index is 10.9. The normalized spacial score (nSPS) is 12.1. The first-order valence-electron chi connectivity index (χ1n) is 4.78. The molecule has 5 heteroatoms. The zero-order valence-electron chi connectivity index (χ0n) is 8.43. The van der Waals surface area contributed by atoms with Crippen molar-refractivity contribution < 1.29 is 14.6 Å². The van der Waals surface area contributed by atoms with Crippen molar-refractivity contribution in [2.75, 3.05) is 6.73 Å². The second-order valence-corrected chi connectivity index (χ2v) is 3.26.